The minimum atomic E-state index is -0.596. The Bertz CT molecular complexity index is 1970. The molecule has 4 aromatic carbocycles. The van der Waals surface area contributed by atoms with E-state index < -0.39 is 11.9 Å². The van der Waals surface area contributed by atoms with Crippen LogP contribution in [0.1, 0.15) is 150 Å². The van der Waals surface area contributed by atoms with Gasteiger partial charge in [-0.25, -0.2) is 9.59 Å². The molecular weight excluding hydrogens is 697 g/mol. The summed E-state index contributed by atoms with van der Waals surface area (Å²) in [6, 6.07) is 16.4. The number of carbonyl (C=O) groups excluding carboxylic acids is 2. The number of esters is 2. The summed E-state index contributed by atoms with van der Waals surface area (Å²) in [5, 5.41) is 24.5. The molecule has 6 nitrogen and oxygen atoms in total. The number of rotatable bonds is 4. The molecule has 5 rings (SSSR count). The molecule has 0 heterocycles. The zero-order valence-electron chi connectivity index (χ0n) is 35.5. The molecule has 0 aromatic heterocycles. The second kappa shape index (κ2) is 15.1. The van der Waals surface area contributed by atoms with Gasteiger partial charge in [-0.15, -0.1) is 0 Å². The number of ether oxygens (including phenoxy) is 2. The number of fused-ring (bicyclic) bond motifs is 8. The standard InChI is InChI=1S/C50H60O6/c1-15-41(51)55-45-33-17-29-21-37(47(3,4)5)23-31(43(29)53)19-35-27-40(50(12,13)14)28-36(46(35)56-42(52)16-2)20-32-24-38(48(6,7)8)22-30(44(32)54)18-34(45)26-39(25-33)49(9,10)11/h15-16,21-28,53-54H,1-2,17-20H2,3-14H3. The molecule has 8 bridgehead atoms. The van der Waals surface area contributed by atoms with Gasteiger partial charge in [0.15, 0.2) is 0 Å². The van der Waals surface area contributed by atoms with Gasteiger partial charge in [-0.05, 0) is 66.2 Å². The van der Waals surface area contributed by atoms with Gasteiger partial charge in [-0.3, -0.25) is 0 Å². The van der Waals surface area contributed by atoms with Crippen molar-refractivity contribution in [1.29, 1.82) is 0 Å². The number of hydrogen-bond acceptors (Lipinski definition) is 6. The normalized spacial score (nSPS) is 13.5. The van der Waals surface area contributed by atoms with E-state index in [0.717, 1.165) is 56.7 Å². The molecule has 6 heteroatoms. The Balaban J connectivity index is 1.99. The first-order valence-electron chi connectivity index (χ1n) is 19.5. The van der Waals surface area contributed by atoms with Crippen LogP contribution in [0.2, 0.25) is 0 Å². The molecular formula is C50H60O6. The molecule has 0 unspecified atom stereocenters. The minimum Gasteiger partial charge on any atom is -0.507 e. The van der Waals surface area contributed by atoms with Gasteiger partial charge in [0.25, 0.3) is 0 Å². The lowest BCUT2D eigenvalue weighted by molar-refractivity contribution is -0.129. The highest BCUT2D eigenvalue weighted by atomic mass is 16.5. The predicted octanol–water partition coefficient (Wildman–Crippen LogP) is 11.1. The summed E-state index contributed by atoms with van der Waals surface area (Å²) in [5.74, 6) is -0.176. The van der Waals surface area contributed by atoms with E-state index in [1.807, 2.05) is 24.3 Å². The number of benzene rings is 4. The molecule has 56 heavy (non-hydrogen) atoms. The number of carbonyl (C=O) groups is 2. The van der Waals surface area contributed by atoms with E-state index >= 15 is 0 Å². The van der Waals surface area contributed by atoms with Crippen molar-refractivity contribution in [2.75, 3.05) is 0 Å². The molecule has 0 saturated heterocycles. The van der Waals surface area contributed by atoms with E-state index in [1.165, 1.54) is 0 Å². The topological polar surface area (TPSA) is 93.1 Å². The van der Waals surface area contributed by atoms with Gasteiger partial charge >= 0.3 is 11.9 Å². The third-order valence-electron chi connectivity index (χ3n) is 10.7. The summed E-state index contributed by atoms with van der Waals surface area (Å²) in [4.78, 5) is 26.1. The first kappa shape index (κ1) is 42.1. The summed E-state index contributed by atoms with van der Waals surface area (Å²) >= 11 is 0. The highest BCUT2D eigenvalue weighted by molar-refractivity contribution is 5.84. The molecule has 1 aliphatic carbocycles. The van der Waals surface area contributed by atoms with Crippen molar-refractivity contribution >= 4 is 11.9 Å². The van der Waals surface area contributed by atoms with Gasteiger partial charge < -0.3 is 19.7 Å². The summed E-state index contributed by atoms with van der Waals surface area (Å²) in [6.45, 7) is 33.0. The van der Waals surface area contributed by atoms with E-state index in [-0.39, 0.29) is 58.8 Å². The van der Waals surface area contributed by atoms with Crippen LogP contribution in [0.15, 0.2) is 73.8 Å². The van der Waals surface area contributed by atoms with Crippen molar-refractivity contribution < 1.29 is 29.3 Å². The Hall–Kier alpha value is -5.10. The summed E-state index contributed by atoms with van der Waals surface area (Å²) in [5.41, 5.74) is 8.56. The lowest BCUT2D eigenvalue weighted by atomic mass is 9.79. The monoisotopic (exact) mass is 756 g/mol. The van der Waals surface area contributed by atoms with Gasteiger partial charge in [-0.1, -0.05) is 145 Å². The van der Waals surface area contributed by atoms with Crippen LogP contribution in [0.25, 0.3) is 0 Å². The number of aromatic hydroxyl groups is 2. The van der Waals surface area contributed by atoms with Gasteiger partial charge in [0.2, 0.25) is 0 Å². The number of phenols is 2. The molecule has 4 aromatic rings. The second-order valence-electron chi connectivity index (χ2n) is 19.5. The highest BCUT2D eigenvalue weighted by Crippen LogP contribution is 2.43. The van der Waals surface area contributed by atoms with Crippen LogP contribution >= 0.6 is 0 Å². The van der Waals surface area contributed by atoms with Crippen molar-refractivity contribution in [2.24, 2.45) is 0 Å². The van der Waals surface area contributed by atoms with Crippen molar-refractivity contribution in [3.05, 3.63) is 141 Å². The molecule has 0 spiro atoms. The van der Waals surface area contributed by atoms with Crippen molar-refractivity contribution in [3.63, 3.8) is 0 Å². The molecule has 1 aliphatic rings. The zero-order chi connectivity index (χ0) is 41.7. The fourth-order valence-corrected chi connectivity index (χ4v) is 7.19. The van der Waals surface area contributed by atoms with E-state index in [0.29, 0.717) is 33.8 Å². The summed E-state index contributed by atoms with van der Waals surface area (Å²) in [6.07, 6.45) is 3.32. The summed E-state index contributed by atoms with van der Waals surface area (Å²) in [7, 11) is 0. The number of phenolic OH excluding ortho intramolecular Hbond substituents is 2. The lowest BCUT2D eigenvalue weighted by Gasteiger charge is -2.27. The van der Waals surface area contributed by atoms with Gasteiger partial charge in [0.1, 0.15) is 23.0 Å². The quantitative estimate of drug-likeness (QED) is 0.108. The van der Waals surface area contributed by atoms with Crippen LogP contribution in [-0.2, 0) is 56.9 Å². The maximum absolute atomic E-state index is 13.1. The highest BCUT2D eigenvalue weighted by Gasteiger charge is 2.29. The maximum Gasteiger partial charge on any atom is 0.335 e. The predicted molar refractivity (Wildman–Crippen MR) is 227 cm³/mol. The van der Waals surface area contributed by atoms with E-state index in [9.17, 15) is 19.8 Å². The fourth-order valence-electron chi connectivity index (χ4n) is 7.19. The van der Waals surface area contributed by atoms with Gasteiger partial charge in [-0.2, -0.15) is 0 Å². The number of hydrogen-bond donors (Lipinski definition) is 2. The minimum absolute atomic E-state index is 0.121. The molecule has 0 radical (unpaired) electrons. The smallest absolute Gasteiger partial charge is 0.335 e. The van der Waals surface area contributed by atoms with Crippen molar-refractivity contribution in [2.45, 2.75) is 130 Å². The molecule has 0 amide bonds. The van der Waals surface area contributed by atoms with Gasteiger partial charge in [0, 0.05) is 60.1 Å². The average Bonchev–Trinajstić information content (AvgIpc) is 3.07. The molecule has 0 fully saturated rings. The van der Waals surface area contributed by atoms with Crippen molar-refractivity contribution in [3.8, 4) is 23.0 Å². The largest absolute Gasteiger partial charge is 0.507 e. The zero-order valence-corrected chi connectivity index (χ0v) is 35.5. The molecule has 296 valence electrons. The van der Waals surface area contributed by atoms with Crippen LogP contribution < -0.4 is 9.47 Å². The third kappa shape index (κ3) is 9.12. The second-order valence-corrected chi connectivity index (χ2v) is 19.5. The first-order valence-corrected chi connectivity index (χ1v) is 19.5. The SMILES string of the molecule is C=CC(=O)Oc1c2cc(C(C)(C)C)cc1Cc1cc(C(C)(C)C)cc(c1O)Cc1cc(C(C)(C)C)cc(c1OC(=O)C=C)Cc1cc(C(C)(C)C)cc(c1O)C2. The Kier molecular flexibility index (Phi) is 11.3. The molecule has 0 aliphatic heterocycles. The Labute approximate surface area is 334 Å². The molecule has 0 atom stereocenters. The van der Waals surface area contributed by atoms with Crippen LogP contribution in [0, 0.1) is 0 Å². The summed E-state index contributed by atoms with van der Waals surface area (Å²) < 4.78 is 12.2. The average molecular weight is 757 g/mol. The first-order chi connectivity index (χ1) is 25.8. The molecule has 2 N–H and O–H groups in total. The molecule has 0 saturated carbocycles. The lowest BCUT2D eigenvalue weighted by Crippen LogP contribution is -2.17. The van der Waals surface area contributed by atoms with Crippen LogP contribution in [0.4, 0.5) is 0 Å². The Morgan fingerprint density at radius 3 is 0.821 bits per heavy atom. The van der Waals surface area contributed by atoms with Gasteiger partial charge in [0.05, 0.1) is 0 Å². The Morgan fingerprint density at radius 2 is 0.643 bits per heavy atom. The van der Waals surface area contributed by atoms with E-state index in [4.69, 9.17) is 9.47 Å². The van der Waals surface area contributed by atoms with Crippen LogP contribution in [0.5, 0.6) is 23.0 Å². The van der Waals surface area contributed by atoms with E-state index in [1.54, 1.807) is 0 Å². The van der Waals surface area contributed by atoms with Crippen LogP contribution in [0.3, 0.4) is 0 Å². The maximum atomic E-state index is 13.1. The Morgan fingerprint density at radius 1 is 0.446 bits per heavy atom. The third-order valence-corrected chi connectivity index (χ3v) is 10.7. The van der Waals surface area contributed by atoms with Crippen LogP contribution in [-0.4, -0.2) is 22.2 Å². The van der Waals surface area contributed by atoms with E-state index in [2.05, 4.69) is 121 Å². The fraction of sp³-hybridized carbons (Fsp3) is 0.400. The van der Waals surface area contributed by atoms with Crippen molar-refractivity contribution in [1.82, 2.24) is 0 Å².